The molecule has 82 valence electrons. The Kier molecular flexibility index (Phi) is 3.10. The highest BCUT2D eigenvalue weighted by molar-refractivity contribution is 4.86. The first-order chi connectivity index (χ1) is 6.68. The zero-order chi connectivity index (χ0) is 10.0. The van der Waals surface area contributed by atoms with Crippen molar-refractivity contribution >= 4 is 0 Å². The van der Waals surface area contributed by atoms with Crippen LogP contribution in [0.4, 0.5) is 0 Å². The monoisotopic (exact) mass is 198 g/mol. The van der Waals surface area contributed by atoms with Gasteiger partial charge in [-0.15, -0.1) is 0 Å². The number of hydrogen-bond donors (Lipinski definition) is 1. The number of likely N-dealkylation sites (tertiary alicyclic amines) is 1. The molecule has 0 amide bonds. The third-order valence-corrected chi connectivity index (χ3v) is 3.34. The van der Waals surface area contributed by atoms with Gasteiger partial charge in [0.25, 0.3) is 0 Å². The van der Waals surface area contributed by atoms with Crippen LogP contribution in [0.2, 0.25) is 0 Å². The van der Waals surface area contributed by atoms with Crippen LogP contribution in [0.1, 0.15) is 19.8 Å². The second-order valence-electron chi connectivity index (χ2n) is 5.29. The summed E-state index contributed by atoms with van der Waals surface area (Å²) in [5, 5.41) is 3.67. The Labute approximate surface area is 86.8 Å². The summed E-state index contributed by atoms with van der Waals surface area (Å²) in [6, 6.07) is 0.700. The van der Waals surface area contributed by atoms with E-state index in [0.29, 0.717) is 11.5 Å². The third kappa shape index (κ3) is 2.47. The Morgan fingerprint density at radius 3 is 2.86 bits per heavy atom. The molecule has 0 saturated carbocycles. The zero-order valence-electron chi connectivity index (χ0n) is 9.38. The van der Waals surface area contributed by atoms with Gasteiger partial charge < -0.3 is 15.0 Å². The lowest BCUT2D eigenvalue weighted by atomic mass is 9.88. The van der Waals surface area contributed by atoms with Crippen molar-refractivity contribution < 1.29 is 4.74 Å². The Hall–Kier alpha value is -0.120. The molecule has 2 aliphatic rings. The van der Waals surface area contributed by atoms with Crippen LogP contribution < -0.4 is 5.32 Å². The van der Waals surface area contributed by atoms with E-state index < -0.39 is 0 Å². The zero-order valence-corrected chi connectivity index (χ0v) is 9.38. The van der Waals surface area contributed by atoms with Crippen molar-refractivity contribution in [3.8, 4) is 0 Å². The summed E-state index contributed by atoms with van der Waals surface area (Å²) in [6.45, 7) is 7.75. The highest BCUT2D eigenvalue weighted by Gasteiger charge is 2.33. The highest BCUT2D eigenvalue weighted by atomic mass is 16.5. The lowest BCUT2D eigenvalue weighted by Crippen LogP contribution is -2.52. The van der Waals surface area contributed by atoms with Crippen LogP contribution in [0.25, 0.3) is 0 Å². The van der Waals surface area contributed by atoms with Gasteiger partial charge in [-0.05, 0) is 26.4 Å². The molecule has 1 unspecified atom stereocenters. The number of nitrogens with one attached hydrogen (secondary N) is 1. The summed E-state index contributed by atoms with van der Waals surface area (Å²) in [6.07, 6.45) is 2.67. The van der Waals surface area contributed by atoms with Gasteiger partial charge in [-0.25, -0.2) is 0 Å². The fourth-order valence-electron chi connectivity index (χ4n) is 2.28. The van der Waals surface area contributed by atoms with Crippen molar-refractivity contribution in [2.45, 2.75) is 25.8 Å². The van der Waals surface area contributed by atoms with E-state index in [0.717, 1.165) is 19.8 Å². The molecule has 0 spiro atoms. The Bertz CT molecular complexity index is 192. The Morgan fingerprint density at radius 1 is 1.50 bits per heavy atom. The minimum absolute atomic E-state index is 0.413. The normalized spacial score (nSPS) is 32.6. The molecule has 0 aliphatic carbocycles. The van der Waals surface area contributed by atoms with Crippen molar-refractivity contribution in [1.82, 2.24) is 10.2 Å². The maximum absolute atomic E-state index is 5.25. The van der Waals surface area contributed by atoms with E-state index in [2.05, 4.69) is 24.2 Å². The molecule has 2 fully saturated rings. The van der Waals surface area contributed by atoms with Crippen molar-refractivity contribution in [3.63, 3.8) is 0 Å². The van der Waals surface area contributed by atoms with Crippen molar-refractivity contribution in [1.29, 1.82) is 0 Å². The number of rotatable bonds is 3. The molecule has 3 nitrogen and oxygen atoms in total. The summed E-state index contributed by atoms with van der Waals surface area (Å²) in [4.78, 5) is 2.42. The standard InChI is InChI=1S/C11H22N2O/c1-11(8-14-9-11)7-12-10-4-3-5-13(2)6-10/h10,12H,3-9H2,1-2H3. The van der Waals surface area contributed by atoms with Crippen LogP contribution in [0, 0.1) is 5.41 Å². The van der Waals surface area contributed by atoms with Gasteiger partial charge >= 0.3 is 0 Å². The fourth-order valence-corrected chi connectivity index (χ4v) is 2.28. The van der Waals surface area contributed by atoms with Crippen molar-refractivity contribution in [2.24, 2.45) is 5.41 Å². The lowest BCUT2D eigenvalue weighted by molar-refractivity contribution is -0.101. The number of nitrogens with zero attached hydrogens (tertiary/aromatic N) is 1. The molecule has 2 saturated heterocycles. The molecule has 0 radical (unpaired) electrons. The van der Waals surface area contributed by atoms with Crippen molar-refractivity contribution in [3.05, 3.63) is 0 Å². The Balaban J connectivity index is 1.69. The van der Waals surface area contributed by atoms with Crippen LogP contribution in [0.3, 0.4) is 0 Å². The summed E-state index contributed by atoms with van der Waals surface area (Å²) in [7, 11) is 2.21. The Morgan fingerprint density at radius 2 is 2.29 bits per heavy atom. The van der Waals surface area contributed by atoms with Crippen LogP contribution in [-0.2, 0) is 4.74 Å². The number of piperidine rings is 1. The SMILES string of the molecule is CN1CCCC(NCC2(C)COC2)C1. The van der Waals surface area contributed by atoms with Gasteiger partial charge in [0.2, 0.25) is 0 Å². The molecule has 0 aromatic carbocycles. The van der Waals surface area contributed by atoms with Gasteiger partial charge in [-0.1, -0.05) is 6.92 Å². The second kappa shape index (κ2) is 4.17. The minimum atomic E-state index is 0.413. The van der Waals surface area contributed by atoms with Crippen LogP contribution in [0.5, 0.6) is 0 Å². The summed E-state index contributed by atoms with van der Waals surface area (Å²) in [5.41, 5.74) is 0.413. The van der Waals surface area contributed by atoms with Gasteiger partial charge in [-0.2, -0.15) is 0 Å². The first-order valence-electron chi connectivity index (χ1n) is 5.68. The van der Waals surface area contributed by atoms with Crippen LogP contribution >= 0.6 is 0 Å². The summed E-state index contributed by atoms with van der Waals surface area (Å²) in [5.74, 6) is 0. The average molecular weight is 198 g/mol. The number of ether oxygens (including phenoxy) is 1. The maximum Gasteiger partial charge on any atom is 0.0554 e. The average Bonchev–Trinajstić information content (AvgIpc) is 2.12. The largest absolute Gasteiger partial charge is 0.380 e. The quantitative estimate of drug-likeness (QED) is 0.723. The second-order valence-corrected chi connectivity index (χ2v) is 5.29. The van der Waals surface area contributed by atoms with Gasteiger partial charge in [0, 0.05) is 24.5 Å². The molecule has 14 heavy (non-hydrogen) atoms. The molecule has 2 rings (SSSR count). The van der Waals surface area contributed by atoms with E-state index in [9.17, 15) is 0 Å². The van der Waals surface area contributed by atoms with Gasteiger partial charge in [0.1, 0.15) is 0 Å². The van der Waals surface area contributed by atoms with Crippen LogP contribution in [0.15, 0.2) is 0 Å². The van der Waals surface area contributed by atoms with Gasteiger partial charge in [-0.3, -0.25) is 0 Å². The molecular weight excluding hydrogens is 176 g/mol. The molecule has 0 aromatic heterocycles. The lowest BCUT2D eigenvalue weighted by Gasteiger charge is -2.40. The summed E-state index contributed by atoms with van der Waals surface area (Å²) >= 11 is 0. The molecule has 1 atom stereocenters. The number of likely N-dealkylation sites (N-methyl/N-ethyl adjacent to an activating group) is 1. The highest BCUT2D eigenvalue weighted by Crippen LogP contribution is 2.25. The topological polar surface area (TPSA) is 24.5 Å². The first kappa shape index (κ1) is 10.4. The van der Waals surface area contributed by atoms with Gasteiger partial charge in [0.15, 0.2) is 0 Å². The van der Waals surface area contributed by atoms with E-state index in [-0.39, 0.29) is 0 Å². The van der Waals surface area contributed by atoms with Crippen LogP contribution in [-0.4, -0.2) is 50.8 Å². The van der Waals surface area contributed by atoms with Crippen molar-refractivity contribution in [2.75, 3.05) is 39.9 Å². The first-order valence-corrected chi connectivity index (χ1v) is 5.68. The predicted molar refractivity (Wildman–Crippen MR) is 57.4 cm³/mol. The maximum atomic E-state index is 5.25. The molecule has 0 bridgehead atoms. The molecule has 3 heteroatoms. The van der Waals surface area contributed by atoms with E-state index in [1.165, 1.54) is 25.9 Å². The number of hydrogen-bond acceptors (Lipinski definition) is 3. The van der Waals surface area contributed by atoms with E-state index >= 15 is 0 Å². The van der Waals surface area contributed by atoms with E-state index in [1.54, 1.807) is 0 Å². The smallest absolute Gasteiger partial charge is 0.0554 e. The molecule has 1 N–H and O–H groups in total. The summed E-state index contributed by atoms with van der Waals surface area (Å²) < 4.78 is 5.25. The molecule has 2 aliphatic heterocycles. The minimum Gasteiger partial charge on any atom is -0.380 e. The van der Waals surface area contributed by atoms with E-state index in [1.807, 2.05) is 0 Å². The fraction of sp³-hybridized carbons (Fsp3) is 1.00. The molecular formula is C11H22N2O. The van der Waals surface area contributed by atoms with Gasteiger partial charge in [0.05, 0.1) is 13.2 Å². The van der Waals surface area contributed by atoms with E-state index in [4.69, 9.17) is 4.74 Å². The molecule has 2 heterocycles. The third-order valence-electron chi connectivity index (χ3n) is 3.34. The predicted octanol–water partition coefficient (Wildman–Crippen LogP) is 0.707. The molecule has 0 aromatic rings.